The van der Waals surface area contributed by atoms with Gasteiger partial charge in [0.25, 0.3) is 0 Å². The Bertz CT molecular complexity index is 1110. The predicted molar refractivity (Wildman–Crippen MR) is 122 cm³/mol. The Morgan fingerprint density at radius 3 is 2.62 bits per heavy atom. The third-order valence-electron chi connectivity index (χ3n) is 4.04. The molecule has 0 unspecified atom stereocenters. The first-order chi connectivity index (χ1) is 15.5. The molecule has 0 aliphatic carbocycles. The molecular formula is C22H22ClN5O4. The maximum atomic E-state index is 12.1. The van der Waals surface area contributed by atoms with Crippen molar-refractivity contribution >= 4 is 41.2 Å². The molecule has 0 saturated heterocycles. The number of nitrogens with two attached hydrogens (primary N) is 1. The number of nitrogens with zero attached hydrogens (tertiary/aromatic N) is 3. The van der Waals surface area contributed by atoms with Crippen LogP contribution in [0.3, 0.4) is 0 Å². The van der Waals surface area contributed by atoms with E-state index < -0.39 is 5.97 Å². The van der Waals surface area contributed by atoms with Crippen molar-refractivity contribution in [2.24, 2.45) is 0 Å². The van der Waals surface area contributed by atoms with Crippen LogP contribution in [0, 0.1) is 0 Å². The lowest BCUT2D eigenvalue weighted by molar-refractivity contribution is -0.139. The number of hydrogen-bond acceptors (Lipinski definition) is 9. The number of methoxy groups -OCH3 is 1. The minimum absolute atomic E-state index is 0.000428. The maximum Gasteiger partial charge on any atom is 0.331 e. The molecule has 1 aromatic heterocycles. The highest BCUT2D eigenvalue weighted by atomic mass is 35.5. The number of ether oxygens (including phenoxy) is 3. The zero-order chi connectivity index (χ0) is 22.9. The predicted octanol–water partition coefficient (Wildman–Crippen LogP) is 4.01. The second-order valence-electron chi connectivity index (χ2n) is 6.35. The van der Waals surface area contributed by atoms with Gasteiger partial charge < -0.3 is 25.3 Å². The van der Waals surface area contributed by atoms with Crippen LogP contribution in [0.4, 0.5) is 17.6 Å². The van der Waals surface area contributed by atoms with Crippen LogP contribution in [0.15, 0.2) is 48.5 Å². The van der Waals surface area contributed by atoms with Crippen LogP contribution in [0.1, 0.15) is 18.3 Å². The molecule has 3 rings (SSSR count). The summed E-state index contributed by atoms with van der Waals surface area (Å²) in [6, 6.07) is 12.3. The van der Waals surface area contributed by atoms with Crippen molar-refractivity contribution in [2.45, 2.75) is 13.5 Å². The summed E-state index contributed by atoms with van der Waals surface area (Å²) in [5, 5.41) is 3.60. The highest BCUT2D eigenvalue weighted by Crippen LogP contribution is 2.28. The first-order valence-corrected chi connectivity index (χ1v) is 10.0. The van der Waals surface area contributed by atoms with E-state index in [1.165, 1.54) is 6.08 Å². The van der Waals surface area contributed by atoms with E-state index in [2.05, 4.69) is 20.3 Å². The molecule has 0 fully saturated rings. The van der Waals surface area contributed by atoms with E-state index in [1.54, 1.807) is 55.7 Å². The number of nitrogen functional groups attached to an aromatic ring is 1. The van der Waals surface area contributed by atoms with Gasteiger partial charge in [-0.05, 0) is 55.0 Å². The molecule has 0 atom stereocenters. The van der Waals surface area contributed by atoms with Crippen molar-refractivity contribution in [3.8, 4) is 11.5 Å². The van der Waals surface area contributed by atoms with Crippen molar-refractivity contribution < 1.29 is 19.0 Å². The number of esters is 1. The average molecular weight is 456 g/mol. The first-order valence-electron chi connectivity index (χ1n) is 9.65. The van der Waals surface area contributed by atoms with E-state index in [1.807, 2.05) is 6.92 Å². The molecule has 166 valence electrons. The lowest BCUT2D eigenvalue weighted by atomic mass is 10.2. The van der Waals surface area contributed by atoms with Gasteiger partial charge in [0.2, 0.25) is 11.9 Å². The summed E-state index contributed by atoms with van der Waals surface area (Å²) in [5.41, 5.74) is 7.21. The SMILES string of the molecule is CCOc1ccc(/C=C/C(=O)OCc2nc(N)nc(Nc3ccc(Cl)cc3)n2)cc1OC. The van der Waals surface area contributed by atoms with Crippen molar-refractivity contribution in [1.82, 2.24) is 15.0 Å². The molecule has 0 saturated carbocycles. The summed E-state index contributed by atoms with van der Waals surface area (Å²) in [5.74, 6) is 1.07. The average Bonchev–Trinajstić information content (AvgIpc) is 2.78. The van der Waals surface area contributed by atoms with Gasteiger partial charge in [0.05, 0.1) is 13.7 Å². The molecule has 9 nitrogen and oxygen atoms in total. The van der Waals surface area contributed by atoms with Gasteiger partial charge in [0.1, 0.15) is 0 Å². The fraction of sp³-hybridized carbons (Fsp3) is 0.182. The molecule has 0 radical (unpaired) electrons. The molecule has 0 amide bonds. The Kier molecular flexibility index (Phi) is 7.82. The van der Waals surface area contributed by atoms with Gasteiger partial charge in [-0.1, -0.05) is 17.7 Å². The Morgan fingerprint density at radius 2 is 1.91 bits per heavy atom. The first kappa shape index (κ1) is 22.8. The van der Waals surface area contributed by atoms with Crippen LogP contribution in [0.25, 0.3) is 6.08 Å². The summed E-state index contributed by atoms with van der Waals surface area (Å²) >= 11 is 5.88. The van der Waals surface area contributed by atoms with E-state index in [9.17, 15) is 4.79 Å². The van der Waals surface area contributed by atoms with Gasteiger partial charge in [0, 0.05) is 16.8 Å². The standard InChI is InChI=1S/C22H22ClN5O4/c1-3-31-17-10-4-14(12-18(17)30-2)5-11-20(29)32-13-19-26-21(24)28-22(27-19)25-16-8-6-15(23)7-9-16/h4-12H,3,13H2,1-2H3,(H3,24,25,26,27,28)/b11-5+. The molecule has 10 heteroatoms. The Hall–Kier alpha value is -3.85. The van der Waals surface area contributed by atoms with Crippen LogP contribution >= 0.6 is 11.6 Å². The largest absolute Gasteiger partial charge is 0.493 e. The molecule has 1 heterocycles. The number of carbonyl (C=O) groups is 1. The van der Waals surface area contributed by atoms with Gasteiger partial charge >= 0.3 is 5.97 Å². The molecule has 3 N–H and O–H groups in total. The fourth-order valence-electron chi connectivity index (χ4n) is 2.63. The van der Waals surface area contributed by atoms with Crippen LogP contribution < -0.4 is 20.5 Å². The lowest BCUT2D eigenvalue weighted by Crippen LogP contribution is -2.10. The van der Waals surface area contributed by atoms with Gasteiger partial charge in [-0.15, -0.1) is 0 Å². The summed E-state index contributed by atoms with van der Waals surface area (Å²) in [6.45, 7) is 2.24. The van der Waals surface area contributed by atoms with Crippen LogP contribution in [-0.4, -0.2) is 34.6 Å². The Labute approximate surface area is 190 Å². The quantitative estimate of drug-likeness (QED) is 0.364. The van der Waals surface area contributed by atoms with Gasteiger partial charge in [-0.2, -0.15) is 15.0 Å². The second-order valence-corrected chi connectivity index (χ2v) is 6.79. The van der Waals surface area contributed by atoms with Crippen LogP contribution in [0.5, 0.6) is 11.5 Å². The topological polar surface area (TPSA) is 121 Å². The molecule has 0 spiro atoms. The molecule has 3 aromatic rings. The van der Waals surface area contributed by atoms with Crippen molar-refractivity contribution in [1.29, 1.82) is 0 Å². The van der Waals surface area contributed by atoms with Gasteiger partial charge in [-0.3, -0.25) is 0 Å². The molecule has 32 heavy (non-hydrogen) atoms. The summed E-state index contributed by atoms with van der Waals surface area (Å²) < 4.78 is 16.0. The monoisotopic (exact) mass is 455 g/mol. The van der Waals surface area contributed by atoms with E-state index in [4.69, 9.17) is 31.5 Å². The third-order valence-corrected chi connectivity index (χ3v) is 4.29. The van der Waals surface area contributed by atoms with Gasteiger partial charge in [-0.25, -0.2) is 4.79 Å². The molecular weight excluding hydrogens is 434 g/mol. The summed E-state index contributed by atoms with van der Waals surface area (Å²) in [7, 11) is 1.55. The van der Waals surface area contributed by atoms with E-state index in [-0.39, 0.29) is 24.3 Å². The third kappa shape index (κ3) is 6.58. The Morgan fingerprint density at radius 1 is 1.12 bits per heavy atom. The maximum absolute atomic E-state index is 12.1. The minimum atomic E-state index is -0.566. The van der Waals surface area contributed by atoms with Crippen molar-refractivity contribution in [2.75, 3.05) is 24.8 Å². The van der Waals surface area contributed by atoms with Gasteiger partial charge in [0.15, 0.2) is 23.9 Å². The summed E-state index contributed by atoms with van der Waals surface area (Å²) in [4.78, 5) is 24.3. The molecule has 2 aromatic carbocycles. The second kappa shape index (κ2) is 11.0. The number of anilines is 3. The Balaban J connectivity index is 1.60. The molecule has 0 bridgehead atoms. The molecule has 0 aliphatic rings. The smallest absolute Gasteiger partial charge is 0.331 e. The number of halogens is 1. The van der Waals surface area contributed by atoms with Crippen molar-refractivity contribution in [3.05, 3.63) is 65.0 Å². The summed E-state index contributed by atoms with van der Waals surface area (Å²) in [6.07, 6.45) is 2.91. The van der Waals surface area contributed by atoms with E-state index in [0.29, 0.717) is 23.1 Å². The number of carbonyl (C=O) groups excluding carboxylic acids is 1. The van der Waals surface area contributed by atoms with E-state index in [0.717, 1.165) is 11.3 Å². The van der Waals surface area contributed by atoms with Crippen LogP contribution in [-0.2, 0) is 16.1 Å². The van der Waals surface area contributed by atoms with Crippen molar-refractivity contribution in [3.63, 3.8) is 0 Å². The fourth-order valence-corrected chi connectivity index (χ4v) is 2.76. The number of aromatic nitrogens is 3. The van der Waals surface area contributed by atoms with E-state index >= 15 is 0 Å². The zero-order valence-corrected chi connectivity index (χ0v) is 18.3. The number of rotatable bonds is 9. The number of benzene rings is 2. The highest BCUT2D eigenvalue weighted by Gasteiger charge is 2.08. The zero-order valence-electron chi connectivity index (χ0n) is 17.5. The molecule has 0 aliphatic heterocycles. The lowest BCUT2D eigenvalue weighted by Gasteiger charge is -2.09. The normalized spacial score (nSPS) is 10.7. The van der Waals surface area contributed by atoms with Crippen LogP contribution in [0.2, 0.25) is 5.02 Å². The number of hydrogen-bond donors (Lipinski definition) is 2. The number of nitrogens with one attached hydrogen (secondary N) is 1. The highest BCUT2D eigenvalue weighted by molar-refractivity contribution is 6.30. The minimum Gasteiger partial charge on any atom is -0.493 e.